The molecule has 2 saturated carbocycles. The van der Waals surface area contributed by atoms with Gasteiger partial charge in [0.25, 0.3) is 0 Å². The van der Waals surface area contributed by atoms with E-state index in [1.807, 2.05) is 0 Å². The highest BCUT2D eigenvalue weighted by Gasteiger charge is 2.52. The van der Waals surface area contributed by atoms with Gasteiger partial charge in [0.05, 0.1) is 6.10 Å². The van der Waals surface area contributed by atoms with Crippen molar-refractivity contribution in [1.82, 2.24) is 20.3 Å². The van der Waals surface area contributed by atoms with Gasteiger partial charge in [-0.2, -0.15) is 0 Å². The minimum absolute atomic E-state index is 0.252. The average Bonchev–Trinajstić information content (AvgIpc) is 2.37. The second-order valence-corrected chi connectivity index (χ2v) is 6.12. The van der Waals surface area contributed by atoms with Crippen LogP contribution in [0.2, 0.25) is 0 Å². The van der Waals surface area contributed by atoms with Crippen LogP contribution in [-0.4, -0.2) is 32.8 Å². The van der Waals surface area contributed by atoms with Gasteiger partial charge in [0.1, 0.15) is 18.4 Å². The van der Waals surface area contributed by atoms with Crippen LogP contribution in [-0.2, 0) is 4.74 Å². The number of hydrogen-bond acceptors (Lipinski definition) is 5. The summed E-state index contributed by atoms with van der Waals surface area (Å²) in [5.41, 5.74) is -0.480. The monoisotopic (exact) mass is 275 g/mol. The van der Waals surface area contributed by atoms with E-state index in [4.69, 9.17) is 4.74 Å². The third kappa shape index (κ3) is 2.11. The Morgan fingerprint density at radius 1 is 1.20 bits per heavy atom. The summed E-state index contributed by atoms with van der Waals surface area (Å²) in [4.78, 5) is 23.6. The van der Waals surface area contributed by atoms with Crippen LogP contribution in [0.3, 0.4) is 0 Å². The van der Waals surface area contributed by atoms with Gasteiger partial charge >= 0.3 is 6.03 Å². The number of ether oxygens (including phenoxy) is 1. The van der Waals surface area contributed by atoms with Crippen LogP contribution in [0.15, 0.2) is 12.7 Å². The van der Waals surface area contributed by atoms with Crippen molar-refractivity contribution in [2.45, 2.75) is 43.9 Å². The van der Waals surface area contributed by atoms with Gasteiger partial charge in [-0.3, -0.25) is 5.32 Å². The molecule has 1 aromatic rings. The SMILES string of the molecule is O=C(Nc1ncncn1)NC12CC3CC(CC(C3)O1)C2. The zero-order valence-electron chi connectivity index (χ0n) is 11.1. The number of rotatable bonds is 2. The van der Waals surface area contributed by atoms with Crippen molar-refractivity contribution < 1.29 is 9.53 Å². The molecule has 4 fully saturated rings. The first kappa shape index (κ1) is 12.0. The molecule has 0 radical (unpaired) electrons. The number of urea groups is 1. The van der Waals surface area contributed by atoms with E-state index in [-0.39, 0.29) is 12.0 Å². The summed E-state index contributed by atoms with van der Waals surface area (Å²) in [5, 5.41) is 5.62. The second-order valence-electron chi connectivity index (χ2n) is 6.12. The summed E-state index contributed by atoms with van der Waals surface area (Å²) in [6, 6.07) is -0.307. The number of anilines is 1. The maximum atomic E-state index is 12.1. The molecule has 0 spiro atoms. The van der Waals surface area contributed by atoms with Gasteiger partial charge in [0.15, 0.2) is 0 Å². The molecule has 2 aliphatic heterocycles. The lowest BCUT2D eigenvalue weighted by Gasteiger charge is -2.56. The first-order valence-electron chi connectivity index (χ1n) is 7.10. The fourth-order valence-electron chi connectivity index (χ4n) is 4.14. The number of aromatic nitrogens is 3. The standard InChI is InChI=1S/C13H17N5O2/c19-12(17-11-15-6-14-7-16-11)18-13-4-8-1-9(5-13)3-10(2-8)20-13/h6-10H,1-5H2,(H2,14,15,16,17,18,19). The molecule has 20 heavy (non-hydrogen) atoms. The molecule has 7 heteroatoms. The maximum Gasteiger partial charge on any atom is 0.323 e. The summed E-state index contributed by atoms with van der Waals surface area (Å²) in [7, 11) is 0. The summed E-state index contributed by atoms with van der Waals surface area (Å²) in [6.45, 7) is 0. The number of hydrogen-bond donors (Lipinski definition) is 2. The highest BCUT2D eigenvalue weighted by Crippen LogP contribution is 2.51. The van der Waals surface area contributed by atoms with Crippen LogP contribution in [0.4, 0.5) is 10.7 Å². The Kier molecular flexibility index (Phi) is 2.63. The normalized spacial score (nSPS) is 37.7. The fourth-order valence-corrected chi connectivity index (χ4v) is 4.14. The highest BCUT2D eigenvalue weighted by molar-refractivity contribution is 5.87. The van der Waals surface area contributed by atoms with Gasteiger partial charge in [0, 0.05) is 0 Å². The number of carbonyl (C=O) groups excluding carboxylic acids is 1. The zero-order valence-corrected chi connectivity index (χ0v) is 11.1. The first-order valence-corrected chi connectivity index (χ1v) is 7.10. The topological polar surface area (TPSA) is 89.0 Å². The average molecular weight is 275 g/mol. The number of carbonyl (C=O) groups is 1. The maximum absolute atomic E-state index is 12.1. The Labute approximate surface area is 116 Å². The Balaban J connectivity index is 1.45. The second kappa shape index (κ2) is 4.37. The van der Waals surface area contributed by atoms with Crippen molar-refractivity contribution in [1.29, 1.82) is 0 Å². The smallest absolute Gasteiger partial charge is 0.323 e. The summed E-state index contributed by atoms with van der Waals surface area (Å²) in [5.74, 6) is 1.64. The number of amides is 2. The third-order valence-corrected chi connectivity index (χ3v) is 4.55. The molecule has 5 rings (SSSR count). The highest BCUT2D eigenvalue weighted by atomic mass is 16.5. The van der Waals surface area contributed by atoms with Crippen molar-refractivity contribution in [2.75, 3.05) is 5.32 Å². The largest absolute Gasteiger partial charge is 0.352 e. The number of nitrogens with zero attached hydrogens (tertiary/aromatic N) is 3. The Bertz CT molecular complexity index is 485. The van der Waals surface area contributed by atoms with Crippen molar-refractivity contribution in [3.05, 3.63) is 12.7 Å². The van der Waals surface area contributed by atoms with Crippen LogP contribution < -0.4 is 10.6 Å². The molecule has 2 amide bonds. The lowest BCUT2D eigenvalue weighted by Crippen LogP contribution is -2.63. The van der Waals surface area contributed by atoms with Gasteiger partial charge in [-0.25, -0.2) is 19.7 Å². The molecule has 1 aromatic heterocycles. The molecule has 7 nitrogen and oxygen atoms in total. The van der Waals surface area contributed by atoms with E-state index >= 15 is 0 Å². The van der Waals surface area contributed by atoms with Crippen molar-refractivity contribution in [2.24, 2.45) is 11.8 Å². The van der Waals surface area contributed by atoms with Crippen molar-refractivity contribution in [3.63, 3.8) is 0 Å². The van der Waals surface area contributed by atoms with Gasteiger partial charge in [-0.05, 0) is 43.9 Å². The van der Waals surface area contributed by atoms with Gasteiger partial charge < -0.3 is 10.1 Å². The van der Waals surface area contributed by atoms with Gasteiger partial charge in [0.2, 0.25) is 5.95 Å². The van der Waals surface area contributed by atoms with Crippen LogP contribution in [0.25, 0.3) is 0 Å². The number of nitrogens with one attached hydrogen (secondary N) is 2. The van der Waals surface area contributed by atoms with E-state index in [9.17, 15) is 4.79 Å². The van der Waals surface area contributed by atoms with Crippen molar-refractivity contribution >= 4 is 12.0 Å². The summed E-state index contributed by atoms with van der Waals surface area (Å²) >= 11 is 0. The fraction of sp³-hybridized carbons (Fsp3) is 0.692. The molecule has 4 bridgehead atoms. The van der Waals surface area contributed by atoms with E-state index in [0.29, 0.717) is 17.9 Å². The minimum atomic E-state index is -0.480. The van der Waals surface area contributed by atoms with Crippen LogP contribution in [0.1, 0.15) is 32.1 Å². The molecule has 2 unspecified atom stereocenters. The molecule has 2 saturated heterocycles. The molecule has 3 heterocycles. The van der Waals surface area contributed by atoms with Gasteiger partial charge in [-0.1, -0.05) is 0 Å². The molecule has 0 aromatic carbocycles. The van der Waals surface area contributed by atoms with Crippen molar-refractivity contribution in [3.8, 4) is 0 Å². The Morgan fingerprint density at radius 3 is 2.55 bits per heavy atom. The first-order chi connectivity index (χ1) is 9.71. The van der Waals surface area contributed by atoms with E-state index in [1.54, 1.807) is 0 Å². The van der Waals surface area contributed by atoms with E-state index in [1.165, 1.54) is 19.1 Å². The predicted molar refractivity (Wildman–Crippen MR) is 69.7 cm³/mol. The van der Waals surface area contributed by atoms with E-state index in [0.717, 1.165) is 25.7 Å². The predicted octanol–water partition coefficient (Wildman–Crippen LogP) is 1.30. The van der Waals surface area contributed by atoms with E-state index < -0.39 is 5.72 Å². The molecular formula is C13H17N5O2. The lowest BCUT2D eigenvalue weighted by atomic mass is 9.65. The van der Waals surface area contributed by atoms with Crippen LogP contribution in [0.5, 0.6) is 0 Å². The van der Waals surface area contributed by atoms with Crippen LogP contribution in [0, 0.1) is 11.8 Å². The minimum Gasteiger partial charge on any atom is -0.352 e. The molecule has 2 N–H and O–H groups in total. The molecule has 2 aliphatic carbocycles. The molecule has 106 valence electrons. The zero-order chi connectivity index (χ0) is 13.6. The molecule has 4 aliphatic rings. The molecular weight excluding hydrogens is 258 g/mol. The quantitative estimate of drug-likeness (QED) is 0.849. The lowest BCUT2D eigenvalue weighted by molar-refractivity contribution is -0.227. The summed E-state index contributed by atoms with van der Waals surface area (Å²) < 4.78 is 6.09. The van der Waals surface area contributed by atoms with Gasteiger partial charge in [-0.15, -0.1) is 0 Å². The Morgan fingerprint density at radius 2 is 1.90 bits per heavy atom. The molecule has 2 atom stereocenters. The third-order valence-electron chi connectivity index (χ3n) is 4.55. The Hall–Kier alpha value is -1.76. The summed E-state index contributed by atoms with van der Waals surface area (Å²) in [6.07, 6.45) is 8.45. The van der Waals surface area contributed by atoms with E-state index in [2.05, 4.69) is 25.6 Å². The van der Waals surface area contributed by atoms with Crippen LogP contribution >= 0.6 is 0 Å².